The molecule has 0 unspecified atom stereocenters. The Hall–Kier alpha value is -4.34. The number of alkyl carbamates (subject to hydrolysis) is 2. The summed E-state index contributed by atoms with van der Waals surface area (Å²) in [6, 6.07) is 16.9. The van der Waals surface area contributed by atoms with Crippen molar-refractivity contribution in [3.8, 4) is 0 Å². The van der Waals surface area contributed by atoms with E-state index in [9.17, 15) is 19.2 Å². The highest BCUT2D eigenvalue weighted by molar-refractivity contribution is 5.98. The first kappa shape index (κ1) is 23.9. The molecule has 32 heavy (non-hydrogen) atoms. The zero-order chi connectivity index (χ0) is 23.3. The lowest BCUT2D eigenvalue weighted by molar-refractivity contribution is -0.124. The molecule has 0 heterocycles. The van der Waals surface area contributed by atoms with Gasteiger partial charge in [-0.3, -0.25) is 14.9 Å². The second kappa shape index (κ2) is 12.4. The monoisotopic (exact) mass is 440 g/mol. The van der Waals surface area contributed by atoms with Gasteiger partial charge in [-0.2, -0.15) is 0 Å². The van der Waals surface area contributed by atoms with Gasteiger partial charge in [-0.05, 0) is 11.1 Å². The predicted molar refractivity (Wildman–Crippen MR) is 115 cm³/mol. The van der Waals surface area contributed by atoms with Crippen molar-refractivity contribution in [1.29, 1.82) is 0 Å². The number of carbonyl (C=O) groups excluding carboxylic acids is 4. The number of primary amides is 1. The van der Waals surface area contributed by atoms with Crippen LogP contribution in [0.5, 0.6) is 0 Å². The van der Waals surface area contributed by atoms with Crippen LogP contribution in [-0.4, -0.2) is 37.2 Å². The number of methoxy groups -OCH3 is 1. The van der Waals surface area contributed by atoms with Gasteiger partial charge in [0.15, 0.2) is 0 Å². The van der Waals surface area contributed by atoms with Crippen molar-refractivity contribution in [1.82, 2.24) is 16.0 Å². The van der Waals surface area contributed by atoms with Crippen molar-refractivity contribution in [2.24, 2.45) is 5.73 Å². The molecule has 2 rings (SSSR count). The molecule has 4 amide bonds. The number of ether oxygens (including phenoxy) is 2. The van der Waals surface area contributed by atoms with E-state index in [4.69, 9.17) is 10.5 Å². The average molecular weight is 440 g/mol. The Bertz CT molecular complexity index is 963. The zero-order valence-electron chi connectivity index (χ0n) is 17.4. The first-order valence-electron chi connectivity index (χ1n) is 9.55. The number of nitrogens with two attached hydrogens (primary N) is 1. The summed E-state index contributed by atoms with van der Waals surface area (Å²) in [6.07, 6.45) is -0.660. The highest BCUT2D eigenvalue weighted by Gasteiger charge is 2.24. The van der Waals surface area contributed by atoms with Gasteiger partial charge in [0.05, 0.1) is 7.11 Å². The molecule has 0 radical (unpaired) electrons. The van der Waals surface area contributed by atoms with Crippen LogP contribution in [0.15, 0.2) is 72.6 Å². The quantitative estimate of drug-likeness (QED) is 0.432. The molecule has 2 aromatic rings. The topological polar surface area (TPSA) is 149 Å². The van der Waals surface area contributed by atoms with E-state index < -0.39 is 35.7 Å². The van der Waals surface area contributed by atoms with Gasteiger partial charge in [-0.15, -0.1) is 0 Å². The summed E-state index contributed by atoms with van der Waals surface area (Å²) in [5, 5.41) is 6.93. The minimum absolute atomic E-state index is 0.0157. The van der Waals surface area contributed by atoms with Gasteiger partial charge in [0, 0.05) is 12.6 Å². The minimum atomic E-state index is -1.10. The molecule has 0 saturated carbocycles. The molecule has 10 nitrogen and oxygen atoms in total. The number of hydrogen-bond acceptors (Lipinski definition) is 6. The van der Waals surface area contributed by atoms with E-state index in [1.54, 1.807) is 36.4 Å². The van der Waals surface area contributed by atoms with Crippen LogP contribution in [0, 0.1) is 0 Å². The largest absolute Gasteiger partial charge is 0.453 e. The molecule has 0 aliphatic heterocycles. The number of benzene rings is 2. The third-order valence-electron chi connectivity index (χ3n) is 4.15. The van der Waals surface area contributed by atoms with Gasteiger partial charge in [-0.25, -0.2) is 9.59 Å². The molecule has 0 bridgehead atoms. The van der Waals surface area contributed by atoms with Crippen molar-refractivity contribution in [3.05, 3.63) is 83.7 Å². The second-order valence-electron chi connectivity index (χ2n) is 6.50. The molecule has 0 aliphatic rings. The summed E-state index contributed by atoms with van der Waals surface area (Å²) < 4.78 is 9.58. The molecule has 0 aromatic heterocycles. The van der Waals surface area contributed by atoms with Crippen LogP contribution in [-0.2, 0) is 32.1 Å². The molecule has 0 spiro atoms. The van der Waals surface area contributed by atoms with Crippen LogP contribution in [0.4, 0.5) is 9.59 Å². The van der Waals surface area contributed by atoms with Gasteiger partial charge in [-0.1, -0.05) is 60.7 Å². The molecule has 168 valence electrons. The van der Waals surface area contributed by atoms with Crippen molar-refractivity contribution in [2.75, 3.05) is 7.11 Å². The first-order chi connectivity index (χ1) is 15.4. The minimum Gasteiger partial charge on any atom is -0.453 e. The lowest BCUT2D eigenvalue weighted by atomic mass is 10.1. The number of carbonyl (C=O) groups is 4. The number of rotatable bonds is 9. The van der Waals surface area contributed by atoms with Gasteiger partial charge in [0.2, 0.25) is 5.91 Å². The van der Waals surface area contributed by atoms with E-state index in [1.165, 1.54) is 0 Å². The lowest BCUT2D eigenvalue weighted by Crippen LogP contribution is -2.49. The Kier molecular flexibility index (Phi) is 9.26. The maximum absolute atomic E-state index is 12.8. The van der Waals surface area contributed by atoms with Gasteiger partial charge in [0.25, 0.3) is 5.91 Å². The smallest absolute Gasteiger partial charge is 0.410 e. The van der Waals surface area contributed by atoms with Crippen LogP contribution < -0.4 is 21.7 Å². The van der Waals surface area contributed by atoms with E-state index in [0.717, 1.165) is 24.4 Å². The van der Waals surface area contributed by atoms with Crippen LogP contribution in [0.1, 0.15) is 11.1 Å². The fourth-order valence-electron chi connectivity index (χ4n) is 2.54. The molecule has 0 aliphatic carbocycles. The molecular weight excluding hydrogens is 416 g/mol. The Labute approximate surface area is 184 Å². The lowest BCUT2D eigenvalue weighted by Gasteiger charge is -2.19. The van der Waals surface area contributed by atoms with Crippen LogP contribution in [0.25, 0.3) is 0 Å². The van der Waals surface area contributed by atoms with Crippen molar-refractivity contribution < 1.29 is 28.7 Å². The molecule has 1 atom stereocenters. The van der Waals surface area contributed by atoms with Gasteiger partial charge < -0.3 is 25.8 Å². The maximum Gasteiger partial charge on any atom is 0.410 e. The molecular formula is C22H24N4O6. The molecule has 0 fully saturated rings. The summed E-state index contributed by atoms with van der Waals surface area (Å²) >= 11 is 0. The predicted octanol–water partition coefficient (Wildman–Crippen LogP) is 1.32. The third-order valence-corrected chi connectivity index (χ3v) is 4.15. The second-order valence-corrected chi connectivity index (χ2v) is 6.50. The highest BCUT2D eigenvalue weighted by atomic mass is 16.5. The normalized spacial score (nSPS) is 11.6. The van der Waals surface area contributed by atoms with E-state index in [2.05, 4.69) is 20.7 Å². The summed E-state index contributed by atoms with van der Waals surface area (Å²) in [5.41, 5.74) is 6.40. The standard InChI is InChI=1S/C22H24N4O6/c1-31-21(29)24-13-18(19(23)27)25-20(28)17(12-15-8-4-2-5-9-15)26-22(30)32-14-16-10-6-3-7-11-16/h2-11,13,17H,12,14H2,1H3,(H2,23,27)(H,24,29)(H,25,28)(H,26,30)/b18-13+/t17-/m0/s1. The van der Waals surface area contributed by atoms with Crippen molar-refractivity contribution in [3.63, 3.8) is 0 Å². The number of amides is 4. The van der Waals surface area contributed by atoms with E-state index in [-0.39, 0.29) is 13.0 Å². The van der Waals surface area contributed by atoms with Crippen molar-refractivity contribution >= 4 is 24.0 Å². The Morgan fingerprint density at radius 3 is 2.09 bits per heavy atom. The van der Waals surface area contributed by atoms with Crippen molar-refractivity contribution in [2.45, 2.75) is 19.1 Å². The number of nitrogens with one attached hydrogen (secondary N) is 3. The summed E-state index contributed by atoms with van der Waals surface area (Å²) in [5.74, 6) is -1.73. The van der Waals surface area contributed by atoms with Crippen LogP contribution in [0.3, 0.4) is 0 Å². The SMILES string of the molecule is COC(=O)N/C=C(/NC(=O)[C@H](Cc1ccccc1)NC(=O)OCc1ccccc1)C(N)=O. The first-order valence-corrected chi connectivity index (χ1v) is 9.55. The van der Waals surface area contributed by atoms with Crippen LogP contribution in [0.2, 0.25) is 0 Å². The third kappa shape index (κ3) is 8.19. The molecule has 2 aromatic carbocycles. The fraction of sp³-hybridized carbons (Fsp3) is 0.182. The van der Waals surface area contributed by atoms with E-state index >= 15 is 0 Å². The van der Waals surface area contributed by atoms with Gasteiger partial charge in [0.1, 0.15) is 18.3 Å². The summed E-state index contributed by atoms with van der Waals surface area (Å²) in [7, 11) is 1.13. The van der Waals surface area contributed by atoms with Crippen LogP contribution >= 0.6 is 0 Å². The average Bonchev–Trinajstić information content (AvgIpc) is 2.80. The highest BCUT2D eigenvalue weighted by Crippen LogP contribution is 2.06. The summed E-state index contributed by atoms with van der Waals surface area (Å²) in [6.45, 7) is 0.0157. The van der Waals surface area contributed by atoms with E-state index in [1.807, 2.05) is 24.3 Å². The van der Waals surface area contributed by atoms with E-state index in [0.29, 0.717) is 0 Å². The molecule has 10 heteroatoms. The zero-order valence-corrected chi connectivity index (χ0v) is 17.4. The fourth-order valence-corrected chi connectivity index (χ4v) is 2.54. The molecule has 5 N–H and O–H groups in total. The maximum atomic E-state index is 12.8. The molecule has 0 saturated heterocycles. The Morgan fingerprint density at radius 1 is 0.938 bits per heavy atom. The van der Waals surface area contributed by atoms with Gasteiger partial charge >= 0.3 is 12.2 Å². The number of hydrogen-bond donors (Lipinski definition) is 4. The summed E-state index contributed by atoms with van der Waals surface area (Å²) in [4.78, 5) is 48.0. The Balaban J connectivity index is 2.10. The Morgan fingerprint density at radius 2 is 1.53 bits per heavy atom.